The maximum Gasteiger partial charge on any atom is 0.225 e. The topological polar surface area (TPSA) is 42.0 Å². The highest BCUT2D eigenvalue weighted by atomic mass is 16.1. The number of aryl methyl sites for hydroxylation is 1. The van der Waals surface area contributed by atoms with Gasteiger partial charge in [0.25, 0.3) is 0 Å². The van der Waals surface area contributed by atoms with Crippen LogP contribution >= 0.6 is 0 Å². The monoisotopic (exact) mass is 442 g/mol. The van der Waals surface area contributed by atoms with Crippen LogP contribution in [-0.2, 0) is 11.2 Å². The molecule has 0 bridgehead atoms. The van der Waals surface area contributed by atoms with Crippen molar-refractivity contribution in [1.82, 2.24) is 4.98 Å². The number of hydrogen-bond acceptors (Lipinski definition) is 2. The van der Waals surface area contributed by atoms with Gasteiger partial charge in [-0.3, -0.25) is 4.79 Å². The number of nitrogens with one attached hydrogen (secondary N) is 1. The molecule has 1 aromatic carbocycles. The Bertz CT molecular complexity index is 1040. The summed E-state index contributed by atoms with van der Waals surface area (Å²) in [4.78, 5) is 17.2. The molecule has 3 aliphatic rings. The number of pyridine rings is 1. The Morgan fingerprint density at radius 1 is 1.21 bits per heavy atom. The van der Waals surface area contributed by atoms with E-state index >= 15 is 0 Å². The molecule has 1 N–H and O–H groups in total. The first-order valence-electron chi connectivity index (χ1n) is 12.9. The molecule has 0 saturated heterocycles. The summed E-state index contributed by atoms with van der Waals surface area (Å²) in [5, 5.41) is 3.02. The molecule has 2 fully saturated rings. The first kappa shape index (κ1) is 22.4. The van der Waals surface area contributed by atoms with Crippen molar-refractivity contribution < 1.29 is 4.79 Å². The van der Waals surface area contributed by atoms with Crippen molar-refractivity contribution in [1.29, 1.82) is 0 Å². The number of anilines is 1. The summed E-state index contributed by atoms with van der Waals surface area (Å²) >= 11 is 0. The van der Waals surface area contributed by atoms with Crippen LogP contribution in [0.2, 0.25) is 0 Å². The second-order valence-electron chi connectivity index (χ2n) is 11.3. The van der Waals surface area contributed by atoms with Gasteiger partial charge in [-0.2, -0.15) is 0 Å². The van der Waals surface area contributed by atoms with Gasteiger partial charge in [0.05, 0.1) is 0 Å². The molecular formula is C30H38N2O. The summed E-state index contributed by atoms with van der Waals surface area (Å²) in [6.45, 7) is 11.3. The highest BCUT2D eigenvalue weighted by Crippen LogP contribution is 2.65. The Kier molecular flexibility index (Phi) is 5.93. The number of hydrogen-bond donors (Lipinski definition) is 1. The fraction of sp³-hybridized carbons (Fsp3) is 0.533. The van der Waals surface area contributed by atoms with Crippen LogP contribution in [0.5, 0.6) is 0 Å². The van der Waals surface area contributed by atoms with Crippen molar-refractivity contribution in [3.8, 4) is 0 Å². The predicted molar refractivity (Wildman–Crippen MR) is 135 cm³/mol. The first-order chi connectivity index (χ1) is 15.9. The largest absolute Gasteiger partial charge is 0.311 e. The zero-order valence-corrected chi connectivity index (χ0v) is 20.4. The van der Waals surface area contributed by atoms with Crippen LogP contribution in [0.4, 0.5) is 5.82 Å². The molecule has 2 saturated carbocycles. The maximum atomic E-state index is 12.8. The van der Waals surface area contributed by atoms with E-state index in [1.165, 1.54) is 36.8 Å². The molecule has 33 heavy (non-hydrogen) atoms. The average molecular weight is 443 g/mol. The second-order valence-corrected chi connectivity index (χ2v) is 11.3. The van der Waals surface area contributed by atoms with Crippen LogP contribution in [0.3, 0.4) is 0 Å². The lowest BCUT2D eigenvalue weighted by Crippen LogP contribution is -2.42. The molecule has 1 amide bonds. The number of amides is 1. The predicted octanol–water partition coefficient (Wildman–Crippen LogP) is 7.26. The number of aromatic nitrogens is 1. The first-order valence-corrected chi connectivity index (χ1v) is 12.9. The SMILES string of the molecule is C=C1C[C@@H](CCC(=O)Nc2ccc(C(C)C)cn2)C2C3CCc4ccccc4C3CC[C@]12C. The van der Waals surface area contributed by atoms with Gasteiger partial charge in [-0.15, -0.1) is 0 Å². The lowest BCUT2D eigenvalue weighted by molar-refractivity contribution is -0.116. The van der Waals surface area contributed by atoms with Gasteiger partial charge in [0, 0.05) is 12.6 Å². The average Bonchev–Trinajstić information content (AvgIpc) is 3.08. The Morgan fingerprint density at radius 3 is 2.79 bits per heavy atom. The molecule has 3 aliphatic carbocycles. The molecule has 3 nitrogen and oxygen atoms in total. The van der Waals surface area contributed by atoms with Crippen molar-refractivity contribution in [2.45, 2.75) is 77.6 Å². The van der Waals surface area contributed by atoms with Gasteiger partial charge in [-0.1, -0.05) is 63.3 Å². The molecular weight excluding hydrogens is 404 g/mol. The fourth-order valence-corrected chi connectivity index (χ4v) is 7.35. The molecule has 3 unspecified atom stereocenters. The van der Waals surface area contributed by atoms with E-state index in [1.54, 1.807) is 11.1 Å². The van der Waals surface area contributed by atoms with E-state index in [0.29, 0.717) is 35.9 Å². The summed E-state index contributed by atoms with van der Waals surface area (Å²) in [6.07, 6.45) is 9.45. The van der Waals surface area contributed by atoms with Gasteiger partial charge < -0.3 is 5.32 Å². The Labute approximate surface area is 199 Å². The van der Waals surface area contributed by atoms with E-state index in [1.807, 2.05) is 12.3 Å². The molecule has 0 radical (unpaired) electrons. The van der Waals surface area contributed by atoms with E-state index in [2.05, 4.69) is 68.0 Å². The molecule has 1 heterocycles. The number of fused-ring (bicyclic) bond motifs is 5. The highest BCUT2D eigenvalue weighted by molar-refractivity contribution is 5.89. The molecule has 0 spiro atoms. The van der Waals surface area contributed by atoms with E-state index in [4.69, 9.17) is 0 Å². The van der Waals surface area contributed by atoms with Crippen molar-refractivity contribution in [3.63, 3.8) is 0 Å². The standard InChI is InChI=1S/C30H38N2O/c1-19(2)23-10-13-27(31-18-23)32-28(33)14-11-22-17-20(3)30(4)16-15-25-24-8-6-5-7-21(24)9-12-26(25)29(22)30/h5-8,10,13,18-19,22,25-26,29H,3,9,11-12,14-17H2,1-2,4H3,(H,31,32,33)/t22-,25?,26?,29?,30-/m1/s1. The van der Waals surface area contributed by atoms with Crippen LogP contribution in [0.15, 0.2) is 54.7 Å². The Hall–Kier alpha value is -2.42. The summed E-state index contributed by atoms with van der Waals surface area (Å²) in [5.41, 5.74) is 6.02. The summed E-state index contributed by atoms with van der Waals surface area (Å²) in [6, 6.07) is 13.1. The number of benzene rings is 1. The van der Waals surface area contributed by atoms with Gasteiger partial charge >= 0.3 is 0 Å². The number of rotatable bonds is 5. The van der Waals surface area contributed by atoms with E-state index in [0.717, 1.165) is 18.8 Å². The Morgan fingerprint density at radius 2 is 2.03 bits per heavy atom. The smallest absolute Gasteiger partial charge is 0.225 e. The van der Waals surface area contributed by atoms with Gasteiger partial charge in [0.2, 0.25) is 5.91 Å². The number of carbonyl (C=O) groups excluding carboxylic acids is 1. The lowest BCUT2D eigenvalue weighted by Gasteiger charge is -2.51. The molecule has 3 heteroatoms. The fourth-order valence-electron chi connectivity index (χ4n) is 7.35. The number of nitrogens with zero attached hydrogens (tertiary/aromatic N) is 1. The summed E-state index contributed by atoms with van der Waals surface area (Å²) in [7, 11) is 0. The van der Waals surface area contributed by atoms with Crippen LogP contribution in [0.1, 0.15) is 87.8 Å². The van der Waals surface area contributed by atoms with E-state index in [-0.39, 0.29) is 11.3 Å². The van der Waals surface area contributed by atoms with Crippen molar-refractivity contribution >= 4 is 11.7 Å². The van der Waals surface area contributed by atoms with Crippen LogP contribution in [-0.4, -0.2) is 10.9 Å². The third-order valence-electron chi connectivity index (χ3n) is 9.18. The molecule has 2 aromatic rings. The third kappa shape index (κ3) is 4.05. The van der Waals surface area contributed by atoms with Gasteiger partial charge in [-0.25, -0.2) is 4.98 Å². The van der Waals surface area contributed by atoms with Gasteiger partial charge in [0.1, 0.15) is 5.82 Å². The molecule has 5 atom stereocenters. The minimum absolute atomic E-state index is 0.0837. The highest BCUT2D eigenvalue weighted by Gasteiger charge is 2.55. The summed E-state index contributed by atoms with van der Waals surface area (Å²) < 4.78 is 0. The third-order valence-corrected chi connectivity index (χ3v) is 9.18. The van der Waals surface area contributed by atoms with Crippen molar-refractivity contribution in [2.24, 2.45) is 23.2 Å². The quantitative estimate of drug-likeness (QED) is 0.495. The molecule has 1 aromatic heterocycles. The number of carbonyl (C=O) groups is 1. The molecule has 174 valence electrons. The van der Waals surface area contributed by atoms with E-state index < -0.39 is 0 Å². The zero-order valence-electron chi connectivity index (χ0n) is 20.4. The van der Waals surface area contributed by atoms with Crippen molar-refractivity contribution in [2.75, 3.05) is 5.32 Å². The second kappa shape index (κ2) is 8.74. The van der Waals surface area contributed by atoms with Gasteiger partial charge in [-0.05, 0) is 96.3 Å². The minimum Gasteiger partial charge on any atom is -0.311 e. The molecule has 5 rings (SSSR count). The minimum atomic E-state index is 0.0837. The van der Waals surface area contributed by atoms with Crippen molar-refractivity contribution in [3.05, 3.63) is 71.4 Å². The normalized spacial score (nSPS) is 30.5. The van der Waals surface area contributed by atoms with Crippen LogP contribution in [0.25, 0.3) is 0 Å². The van der Waals surface area contributed by atoms with Crippen LogP contribution in [0, 0.1) is 23.2 Å². The Balaban J connectivity index is 1.28. The van der Waals surface area contributed by atoms with Crippen LogP contribution < -0.4 is 5.32 Å². The van der Waals surface area contributed by atoms with Gasteiger partial charge in [0.15, 0.2) is 0 Å². The summed E-state index contributed by atoms with van der Waals surface area (Å²) in [5.74, 6) is 3.79. The number of allylic oxidation sites excluding steroid dienone is 1. The lowest BCUT2D eigenvalue weighted by atomic mass is 9.53. The maximum absolute atomic E-state index is 12.8. The molecule has 0 aliphatic heterocycles. The zero-order chi connectivity index (χ0) is 23.2. The van der Waals surface area contributed by atoms with E-state index in [9.17, 15) is 4.79 Å².